The fourth-order valence-electron chi connectivity index (χ4n) is 6.68. The first-order chi connectivity index (χ1) is 11.6. The zero-order valence-corrected chi connectivity index (χ0v) is 14.7. The molecule has 0 aromatic rings. The van der Waals surface area contributed by atoms with Crippen molar-refractivity contribution in [1.82, 2.24) is 0 Å². The molecule has 4 aliphatic rings. The second-order valence-corrected chi connectivity index (χ2v) is 8.92. The average Bonchev–Trinajstić information content (AvgIpc) is 2.80. The number of carboxylic acid groups (broad SMARTS) is 1. The number of aliphatic hydroxyl groups excluding tert-OH is 1. The van der Waals surface area contributed by atoms with Gasteiger partial charge >= 0.3 is 5.97 Å². The van der Waals surface area contributed by atoms with Gasteiger partial charge in [-0.2, -0.15) is 0 Å². The zero-order valence-electron chi connectivity index (χ0n) is 14.7. The van der Waals surface area contributed by atoms with Gasteiger partial charge in [0.05, 0.1) is 6.10 Å². The maximum absolute atomic E-state index is 11.8. The third-order valence-electron chi connectivity index (χ3n) is 8.00. The summed E-state index contributed by atoms with van der Waals surface area (Å²) in [6.07, 6.45) is 7.37. The third-order valence-corrected chi connectivity index (χ3v) is 8.00. The van der Waals surface area contributed by atoms with Crippen molar-refractivity contribution in [3.63, 3.8) is 0 Å². The van der Waals surface area contributed by atoms with E-state index in [1.54, 1.807) is 12.2 Å². The third kappa shape index (κ3) is 1.97. The fraction of sp³-hybridized carbons (Fsp3) is 0.700. The maximum Gasteiger partial charge on any atom is 0.336 e. The molecule has 0 radical (unpaired) electrons. The molecule has 3 fully saturated rings. The minimum Gasteiger partial charge on any atom is -0.479 e. The molecule has 25 heavy (non-hydrogen) atoms. The van der Waals surface area contributed by atoms with Crippen LogP contribution < -0.4 is 0 Å². The van der Waals surface area contributed by atoms with E-state index in [0.29, 0.717) is 6.42 Å². The standard InChI is InChI=1S/C20H26O5/c1-18-7-5-12(21)9-11(18)3-4-13-14-6-8-20(25,17(23)24)19(14,2)10-15(22)16(13)18/h5,7,9,13-16,22,25H,3-4,6,8,10H2,1-2H3,(H,23,24)/t13-,14+,15+,16+,18-,19+,20-/m0/s1. The van der Waals surface area contributed by atoms with Crippen LogP contribution in [0.1, 0.15) is 46.0 Å². The lowest BCUT2D eigenvalue weighted by molar-refractivity contribution is -0.192. The number of fused-ring (bicyclic) bond motifs is 5. The number of hydrogen-bond acceptors (Lipinski definition) is 4. The van der Waals surface area contributed by atoms with E-state index in [1.807, 2.05) is 13.0 Å². The molecule has 0 aromatic heterocycles. The Morgan fingerprint density at radius 1 is 1.28 bits per heavy atom. The molecule has 4 rings (SSSR count). The van der Waals surface area contributed by atoms with Crippen LogP contribution >= 0.6 is 0 Å². The lowest BCUT2D eigenvalue weighted by Gasteiger charge is -2.59. The van der Waals surface area contributed by atoms with E-state index in [0.717, 1.165) is 18.4 Å². The van der Waals surface area contributed by atoms with Crippen LogP contribution in [0.25, 0.3) is 0 Å². The molecule has 0 aliphatic heterocycles. The molecule has 3 saturated carbocycles. The van der Waals surface area contributed by atoms with Crippen molar-refractivity contribution >= 4 is 11.8 Å². The number of carboxylic acids is 1. The first kappa shape index (κ1) is 17.0. The van der Waals surface area contributed by atoms with Crippen molar-refractivity contribution in [3.8, 4) is 0 Å². The molecule has 7 atom stereocenters. The number of carbonyl (C=O) groups is 2. The van der Waals surface area contributed by atoms with E-state index in [-0.39, 0.29) is 41.8 Å². The summed E-state index contributed by atoms with van der Waals surface area (Å²) in [7, 11) is 0. The Hall–Kier alpha value is -1.46. The molecule has 136 valence electrons. The largest absolute Gasteiger partial charge is 0.479 e. The van der Waals surface area contributed by atoms with Crippen molar-refractivity contribution in [2.24, 2.45) is 28.6 Å². The van der Waals surface area contributed by atoms with Gasteiger partial charge in [0.2, 0.25) is 0 Å². The molecule has 3 N–H and O–H groups in total. The summed E-state index contributed by atoms with van der Waals surface area (Å²) in [5.41, 5.74) is -1.86. The van der Waals surface area contributed by atoms with E-state index in [4.69, 9.17) is 0 Å². The number of hydrogen-bond donors (Lipinski definition) is 3. The first-order valence-corrected chi connectivity index (χ1v) is 9.21. The van der Waals surface area contributed by atoms with Crippen LogP contribution in [0.3, 0.4) is 0 Å². The van der Waals surface area contributed by atoms with Crippen LogP contribution in [0.2, 0.25) is 0 Å². The number of carbonyl (C=O) groups excluding carboxylic acids is 1. The first-order valence-electron chi connectivity index (χ1n) is 9.21. The SMILES string of the molecule is C[C@]12C=CC(=O)C=C1CC[C@@H]1[C@@H]2[C@H](O)C[C@]2(C)[C@@H]1CC[C@]2(O)C(=O)O. The van der Waals surface area contributed by atoms with E-state index in [2.05, 4.69) is 6.92 Å². The zero-order chi connectivity index (χ0) is 18.2. The molecule has 0 spiro atoms. The summed E-state index contributed by atoms with van der Waals surface area (Å²) in [4.78, 5) is 23.6. The van der Waals surface area contributed by atoms with E-state index >= 15 is 0 Å². The van der Waals surface area contributed by atoms with Crippen LogP contribution in [0, 0.1) is 28.6 Å². The Kier molecular flexibility index (Phi) is 3.42. The predicted octanol–water partition coefficient (Wildman–Crippen LogP) is 2.08. The lowest BCUT2D eigenvalue weighted by Crippen LogP contribution is -2.61. The van der Waals surface area contributed by atoms with Gasteiger partial charge in [-0.25, -0.2) is 4.79 Å². The van der Waals surface area contributed by atoms with E-state index in [1.165, 1.54) is 0 Å². The Balaban J connectivity index is 1.76. The molecule has 0 unspecified atom stereocenters. The molecule has 0 aromatic carbocycles. The van der Waals surface area contributed by atoms with Gasteiger partial charge in [-0.3, -0.25) is 4.79 Å². The van der Waals surface area contributed by atoms with Crippen LogP contribution in [-0.4, -0.2) is 38.8 Å². The number of ketones is 1. The second-order valence-electron chi connectivity index (χ2n) is 8.92. The van der Waals surface area contributed by atoms with Gasteiger partial charge in [-0.05, 0) is 56.1 Å². The molecular weight excluding hydrogens is 320 g/mol. The minimum atomic E-state index is -1.76. The van der Waals surface area contributed by atoms with E-state index < -0.39 is 23.1 Å². The van der Waals surface area contributed by atoms with Crippen molar-refractivity contribution in [2.75, 3.05) is 0 Å². The van der Waals surface area contributed by atoms with Crippen molar-refractivity contribution in [2.45, 2.75) is 57.7 Å². The maximum atomic E-state index is 11.8. The molecule has 4 aliphatic carbocycles. The highest BCUT2D eigenvalue weighted by atomic mass is 16.4. The van der Waals surface area contributed by atoms with Crippen LogP contribution in [0.5, 0.6) is 0 Å². The number of rotatable bonds is 1. The monoisotopic (exact) mass is 346 g/mol. The minimum absolute atomic E-state index is 0.00202. The number of allylic oxidation sites excluding steroid dienone is 4. The summed E-state index contributed by atoms with van der Waals surface area (Å²) in [5.74, 6) is -0.976. The van der Waals surface area contributed by atoms with Gasteiger partial charge in [0.25, 0.3) is 0 Å². The van der Waals surface area contributed by atoms with Crippen LogP contribution in [0.15, 0.2) is 23.8 Å². The molecule has 0 heterocycles. The Morgan fingerprint density at radius 2 is 2.00 bits per heavy atom. The van der Waals surface area contributed by atoms with Gasteiger partial charge in [0.15, 0.2) is 11.4 Å². The highest BCUT2D eigenvalue weighted by Crippen LogP contribution is 2.66. The predicted molar refractivity (Wildman–Crippen MR) is 90.6 cm³/mol. The molecule has 0 amide bonds. The highest BCUT2D eigenvalue weighted by molar-refractivity contribution is 6.01. The normalized spacial score (nSPS) is 51.4. The Labute approximate surface area is 147 Å². The quantitative estimate of drug-likeness (QED) is 0.676. The summed E-state index contributed by atoms with van der Waals surface area (Å²) >= 11 is 0. The molecule has 0 bridgehead atoms. The van der Waals surface area contributed by atoms with Crippen molar-refractivity contribution < 1.29 is 24.9 Å². The molecular formula is C20H26O5. The summed E-state index contributed by atoms with van der Waals surface area (Å²) < 4.78 is 0. The summed E-state index contributed by atoms with van der Waals surface area (Å²) in [6.45, 7) is 3.93. The lowest BCUT2D eigenvalue weighted by atomic mass is 9.46. The van der Waals surface area contributed by atoms with Gasteiger partial charge < -0.3 is 15.3 Å². The van der Waals surface area contributed by atoms with Crippen LogP contribution in [0.4, 0.5) is 0 Å². The molecule has 5 nitrogen and oxygen atoms in total. The summed E-state index contributed by atoms with van der Waals surface area (Å²) in [6, 6.07) is 0. The number of aliphatic hydroxyl groups is 2. The van der Waals surface area contributed by atoms with Gasteiger partial charge in [0, 0.05) is 16.7 Å². The van der Waals surface area contributed by atoms with E-state index in [9.17, 15) is 24.9 Å². The molecule has 5 heteroatoms. The molecule has 0 saturated heterocycles. The average molecular weight is 346 g/mol. The van der Waals surface area contributed by atoms with Gasteiger partial charge in [0.1, 0.15) is 0 Å². The van der Waals surface area contributed by atoms with Crippen LogP contribution in [-0.2, 0) is 9.59 Å². The summed E-state index contributed by atoms with van der Waals surface area (Å²) in [5, 5.41) is 31.6. The Bertz CT molecular complexity index is 709. The second kappa shape index (κ2) is 5.04. The van der Waals surface area contributed by atoms with Gasteiger partial charge in [-0.1, -0.05) is 25.5 Å². The van der Waals surface area contributed by atoms with Gasteiger partial charge in [-0.15, -0.1) is 0 Å². The van der Waals surface area contributed by atoms with Crippen molar-refractivity contribution in [3.05, 3.63) is 23.8 Å². The Morgan fingerprint density at radius 3 is 2.68 bits per heavy atom. The fourth-order valence-corrected chi connectivity index (χ4v) is 6.68. The van der Waals surface area contributed by atoms with Crippen molar-refractivity contribution in [1.29, 1.82) is 0 Å². The topological polar surface area (TPSA) is 94.8 Å². The smallest absolute Gasteiger partial charge is 0.336 e. The number of aliphatic carboxylic acids is 1. The highest BCUT2D eigenvalue weighted by Gasteiger charge is 2.68.